The lowest BCUT2D eigenvalue weighted by atomic mass is 9.96. The molecule has 3 heterocycles. The van der Waals surface area contributed by atoms with Gasteiger partial charge in [-0.3, -0.25) is 9.59 Å². The second-order valence-electron chi connectivity index (χ2n) is 9.66. The fourth-order valence-corrected chi connectivity index (χ4v) is 4.82. The molecule has 36 heavy (non-hydrogen) atoms. The van der Waals surface area contributed by atoms with E-state index in [1.54, 1.807) is 36.5 Å². The third kappa shape index (κ3) is 4.04. The summed E-state index contributed by atoms with van der Waals surface area (Å²) in [7, 11) is 1.57. The molecule has 0 bridgehead atoms. The number of carbonyl (C=O) groups excluding carboxylic acids is 1. The zero-order valence-electron chi connectivity index (χ0n) is 21.1. The Morgan fingerprint density at radius 3 is 2.56 bits per heavy atom. The molecule has 5 rings (SSSR count). The van der Waals surface area contributed by atoms with Gasteiger partial charge >= 0.3 is 0 Å². The highest BCUT2D eigenvalue weighted by atomic mass is 16.5. The highest BCUT2D eigenvalue weighted by Gasteiger charge is 2.43. The summed E-state index contributed by atoms with van der Waals surface area (Å²) in [5, 5.41) is 0.487. The molecule has 7 heteroatoms. The number of hydrogen-bond acceptors (Lipinski definition) is 6. The normalized spacial score (nSPS) is 15.1. The molecule has 186 valence electrons. The highest BCUT2D eigenvalue weighted by molar-refractivity contribution is 5.99. The van der Waals surface area contributed by atoms with E-state index in [1.807, 2.05) is 38.1 Å². The predicted octanol–water partition coefficient (Wildman–Crippen LogP) is 5.79. The quantitative estimate of drug-likeness (QED) is 0.328. The van der Waals surface area contributed by atoms with E-state index in [2.05, 4.69) is 13.8 Å². The largest absolute Gasteiger partial charge is 0.493 e. The number of furan rings is 1. The third-order valence-electron chi connectivity index (χ3n) is 6.39. The Morgan fingerprint density at radius 2 is 1.86 bits per heavy atom. The second-order valence-corrected chi connectivity index (χ2v) is 9.66. The Morgan fingerprint density at radius 1 is 1.06 bits per heavy atom. The smallest absolute Gasteiger partial charge is 0.291 e. The first kappa shape index (κ1) is 23.7. The Kier molecular flexibility index (Phi) is 6.08. The first-order valence-corrected chi connectivity index (χ1v) is 12.0. The summed E-state index contributed by atoms with van der Waals surface area (Å²) in [5.74, 6) is 1.80. The molecule has 0 saturated heterocycles. The summed E-state index contributed by atoms with van der Waals surface area (Å²) in [6, 6.07) is 12.2. The van der Waals surface area contributed by atoms with Crippen molar-refractivity contribution in [2.24, 2.45) is 5.92 Å². The zero-order chi connectivity index (χ0) is 25.6. The lowest BCUT2D eigenvalue weighted by Crippen LogP contribution is -2.29. The van der Waals surface area contributed by atoms with Gasteiger partial charge in [-0.1, -0.05) is 26.0 Å². The van der Waals surface area contributed by atoms with Crippen LogP contribution in [-0.4, -0.2) is 24.5 Å². The number of amides is 1. The number of nitrogens with zero attached hydrogens (tertiary/aromatic N) is 1. The van der Waals surface area contributed by atoms with Gasteiger partial charge in [0, 0.05) is 0 Å². The van der Waals surface area contributed by atoms with Crippen molar-refractivity contribution in [1.82, 2.24) is 4.90 Å². The van der Waals surface area contributed by atoms with Gasteiger partial charge in [0.1, 0.15) is 11.3 Å². The predicted molar refractivity (Wildman–Crippen MR) is 136 cm³/mol. The van der Waals surface area contributed by atoms with Crippen molar-refractivity contribution in [2.75, 3.05) is 13.7 Å². The van der Waals surface area contributed by atoms with E-state index >= 15 is 0 Å². The van der Waals surface area contributed by atoms with Crippen LogP contribution in [0, 0.1) is 19.8 Å². The van der Waals surface area contributed by atoms with Crippen LogP contribution in [0.2, 0.25) is 0 Å². The fraction of sp³-hybridized carbons (Fsp3) is 0.310. The topological polar surface area (TPSA) is 82.1 Å². The molecule has 4 aromatic rings. The van der Waals surface area contributed by atoms with E-state index in [0.717, 1.165) is 16.7 Å². The fourth-order valence-electron chi connectivity index (χ4n) is 4.82. The second kappa shape index (κ2) is 9.22. The van der Waals surface area contributed by atoms with Crippen LogP contribution in [0.4, 0.5) is 0 Å². The van der Waals surface area contributed by atoms with E-state index in [-0.39, 0.29) is 23.6 Å². The van der Waals surface area contributed by atoms with Gasteiger partial charge in [0.25, 0.3) is 5.91 Å². The number of carbonyl (C=O) groups is 1. The molecule has 0 aliphatic carbocycles. The molecule has 1 atom stereocenters. The minimum atomic E-state index is -0.674. The van der Waals surface area contributed by atoms with Gasteiger partial charge in [0.05, 0.1) is 43.5 Å². The summed E-state index contributed by atoms with van der Waals surface area (Å²) in [4.78, 5) is 29.2. The number of hydrogen-bond donors (Lipinski definition) is 0. The molecule has 1 amide bonds. The van der Waals surface area contributed by atoms with Gasteiger partial charge in [-0.25, -0.2) is 0 Å². The molecular formula is C29H29NO6. The molecule has 0 saturated carbocycles. The Bertz CT molecular complexity index is 1500. The van der Waals surface area contributed by atoms with Crippen molar-refractivity contribution in [3.8, 4) is 11.5 Å². The number of rotatable bonds is 7. The highest BCUT2D eigenvalue weighted by Crippen LogP contribution is 2.42. The minimum absolute atomic E-state index is 0.0631. The average Bonchev–Trinajstić information content (AvgIpc) is 3.44. The molecule has 1 aliphatic rings. The summed E-state index contributed by atoms with van der Waals surface area (Å²) in [5.41, 5.74) is 3.02. The molecule has 0 fully saturated rings. The summed E-state index contributed by atoms with van der Waals surface area (Å²) in [6.45, 7) is 8.68. The van der Waals surface area contributed by atoms with Gasteiger partial charge in [0.2, 0.25) is 5.76 Å². The molecule has 1 unspecified atom stereocenters. The van der Waals surface area contributed by atoms with Crippen LogP contribution in [0.5, 0.6) is 11.5 Å². The van der Waals surface area contributed by atoms with E-state index in [9.17, 15) is 9.59 Å². The molecule has 1 aliphatic heterocycles. The maximum atomic E-state index is 13.9. The van der Waals surface area contributed by atoms with Crippen molar-refractivity contribution < 1.29 is 23.1 Å². The maximum absolute atomic E-state index is 13.9. The Labute approximate surface area is 209 Å². The number of methoxy groups -OCH3 is 1. The first-order chi connectivity index (χ1) is 17.3. The lowest BCUT2D eigenvalue weighted by molar-refractivity contribution is 0.0701. The first-order valence-electron chi connectivity index (χ1n) is 12.0. The SMILES string of the molecule is COc1cc(C2c3c(oc4cc(C)cc(C)c4c3=O)C(=O)N2Cc2ccco2)ccc1OCC(C)C. The van der Waals surface area contributed by atoms with Crippen LogP contribution in [0.1, 0.15) is 58.5 Å². The van der Waals surface area contributed by atoms with Gasteiger partial charge in [0.15, 0.2) is 16.9 Å². The number of ether oxygens (including phenoxy) is 2. The van der Waals surface area contributed by atoms with Gasteiger partial charge in [-0.05, 0) is 66.8 Å². The van der Waals surface area contributed by atoms with E-state index < -0.39 is 6.04 Å². The monoisotopic (exact) mass is 487 g/mol. The summed E-state index contributed by atoms with van der Waals surface area (Å²) in [6.07, 6.45) is 1.56. The van der Waals surface area contributed by atoms with Crippen molar-refractivity contribution in [3.05, 3.63) is 92.7 Å². The molecule has 0 N–H and O–H groups in total. The van der Waals surface area contributed by atoms with Gasteiger partial charge in [-0.15, -0.1) is 0 Å². The van der Waals surface area contributed by atoms with Crippen LogP contribution < -0.4 is 14.9 Å². The van der Waals surface area contributed by atoms with Crippen molar-refractivity contribution in [1.29, 1.82) is 0 Å². The van der Waals surface area contributed by atoms with Gasteiger partial charge in [-0.2, -0.15) is 0 Å². The molecule has 0 radical (unpaired) electrons. The average molecular weight is 488 g/mol. The lowest BCUT2D eigenvalue weighted by Gasteiger charge is -2.25. The van der Waals surface area contributed by atoms with Crippen molar-refractivity contribution >= 4 is 16.9 Å². The number of aryl methyl sites for hydroxylation is 2. The van der Waals surface area contributed by atoms with Crippen LogP contribution in [0.15, 0.2) is 62.4 Å². The molecular weight excluding hydrogens is 458 g/mol. The Hall–Kier alpha value is -4.00. The Balaban J connectivity index is 1.70. The van der Waals surface area contributed by atoms with Crippen LogP contribution >= 0.6 is 0 Å². The zero-order valence-corrected chi connectivity index (χ0v) is 21.1. The maximum Gasteiger partial charge on any atom is 0.291 e. The third-order valence-corrected chi connectivity index (χ3v) is 6.39. The minimum Gasteiger partial charge on any atom is -0.493 e. The van der Waals surface area contributed by atoms with Crippen LogP contribution in [-0.2, 0) is 6.54 Å². The molecule has 2 aromatic carbocycles. The van der Waals surface area contributed by atoms with Gasteiger partial charge < -0.3 is 23.2 Å². The molecule has 2 aromatic heterocycles. The van der Waals surface area contributed by atoms with Crippen molar-refractivity contribution in [3.63, 3.8) is 0 Å². The number of fused-ring (bicyclic) bond motifs is 2. The van der Waals surface area contributed by atoms with E-state index in [1.165, 1.54) is 0 Å². The molecule has 7 nitrogen and oxygen atoms in total. The summed E-state index contributed by atoms with van der Waals surface area (Å²) < 4.78 is 23.2. The van der Waals surface area contributed by atoms with E-state index in [0.29, 0.717) is 46.3 Å². The van der Waals surface area contributed by atoms with Crippen molar-refractivity contribution in [2.45, 2.75) is 40.3 Å². The van der Waals surface area contributed by atoms with Crippen LogP contribution in [0.25, 0.3) is 11.0 Å². The van der Waals surface area contributed by atoms with Crippen LogP contribution in [0.3, 0.4) is 0 Å². The van der Waals surface area contributed by atoms with E-state index in [4.69, 9.17) is 18.3 Å². The standard InChI is InChI=1S/C29H29NO6/c1-16(2)15-35-21-9-8-19(13-22(21)33-5)26-25-27(31)24-18(4)11-17(3)12-23(24)36-28(25)29(32)30(26)14-20-7-6-10-34-20/h6-13,16,26H,14-15H2,1-5H3. The molecule has 0 spiro atoms. The summed E-state index contributed by atoms with van der Waals surface area (Å²) >= 11 is 0. The number of benzene rings is 2.